The fourth-order valence-corrected chi connectivity index (χ4v) is 3.15. The van der Waals surface area contributed by atoms with Crippen LogP contribution in [0.5, 0.6) is 5.75 Å². The number of ether oxygens (including phenoxy) is 2. The Morgan fingerprint density at radius 1 is 1.15 bits per heavy atom. The molecule has 3 rings (SSSR count). The first-order valence-corrected chi connectivity index (χ1v) is 9.26. The summed E-state index contributed by atoms with van der Waals surface area (Å²) in [5.41, 5.74) is 2.29. The van der Waals surface area contributed by atoms with Crippen LogP contribution in [-0.2, 0) is 14.3 Å². The molecule has 0 unspecified atom stereocenters. The van der Waals surface area contributed by atoms with Gasteiger partial charge in [-0.05, 0) is 49.9 Å². The Balaban J connectivity index is 1.66. The van der Waals surface area contributed by atoms with Gasteiger partial charge in [0.15, 0.2) is 6.61 Å². The molecule has 1 N–H and O–H groups in total. The SMILES string of the molecule is Cc1cc(Cl)cc(C)c1OCC(=O)O[C@@H](C(=O)NC1CC1)c1ccccc1. The molecule has 2 aromatic carbocycles. The Labute approximate surface area is 163 Å². The fraction of sp³-hybridized carbons (Fsp3) is 0.333. The van der Waals surface area contributed by atoms with Crippen LogP contribution in [0.2, 0.25) is 5.02 Å². The summed E-state index contributed by atoms with van der Waals surface area (Å²) in [6.45, 7) is 3.42. The minimum atomic E-state index is -0.990. The lowest BCUT2D eigenvalue weighted by atomic mass is 10.1. The predicted molar refractivity (Wildman–Crippen MR) is 103 cm³/mol. The summed E-state index contributed by atoms with van der Waals surface area (Å²) in [6.07, 6.45) is 0.925. The predicted octanol–water partition coefficient (Wildman–Crippen LogP) is 3.90. The molecule has 1 amide bonds. The second-order valence-corrected chi connectivity index (χ2v) is 7.16. The zero-order valence-electron chi connectivity index (χ0n) is 15.3. The Kier molecular flexibility index (Phi) is 6.01. The number of hydrogen-bond donors (Lipinski definition) is 1. The van der Waals surface area contributed by atoms with E-state index in [1.807, 2.05) is 19.9 Å². The largest absolute Gasteiger partial charge is 0.481 e. The van der Waals surface area contributed by atoms with Gasteiger partial charge in [-0.2, -0.15) is 0 Å². The highest BCUT2D eigenvalue weighted by Crippen LogP contribution is 2.27. The Hall–Kier alpha value is -2.53. The van der Waals surface area contributed by atoms with Gasteiger partial charge in [-0.3, -0.25) is 4.79 Å². The molecule has 0 saturated heterocycles. The van der Waals surface area contributed by atoms with Crippen LogP contribution in [-0.4, -0.2) is 24.5 Å². The minimum absolute atomic E-state index is 0.179. The molecule has 6 heteroatoms. The van der Waals surface area contributed by atoms with Crippen molar-refractivity contribution in [3.05, 3.63) is 64.2 Å². The normalized spacial score (nSPS) is 14.3. The van der Waals surface area contributed by atoms with Crippen LogP contribution in [0.1, 0.15) is 35.6 Å². The molecule has 0 heterocycles. The standard InChI is InChI=1S/C21H22ClNO4/c1-13-10-16(22)11-14(2)19(13)26-12-18(24)27-20(15-6-4-3-5-7-15)21(25)23-17-8-9-17/h3-7,10-11,17,20H,8-9,12H2,1-2H3,(H,23,25)/t20-/m1/s1. The van der Waals surface area contributed by atoms with E-state index < -0.39 is 12.1 Å². The lowest BCUT2D eigenvalue weighted by Crippen LogP contribution is -2.34. The van der Waals surface area contributed by atoms with Crippen molar-refractivity contribution in [2.45, 2.75) is 38.8 Å². The summed E-state index contributed by atoms with van der Waals surface area (Å²) in [4.78, 5) is 24.8. The lowest BCUT2D eigenvalue weighted by Gasteiger charge is -2.19. The van der Waals surface area contributed by atoms with Crippen molar-refractivity contribution in [3.63, 3.8) is 0 Å². The molecule has 1 fully saturated rings. The average molecular weight is 388 g/mol. The van der Waals surface area contributed by atoms with Crippen LogP contribution in [0.15, 0.2) is 42.5 Å². The van der Waals surface area contributed by atoms with E-state index in [1.165, 1.54) is 0 Å². The average Bonchev–Trinajstić information content (AvgIpc) is 3.43. The summed E-state index contributed by atoms with van der Waals surface area (Å²) < 4.78 is 11.1. The summed E-state index contributed by atoms with van der Waals surface area (Å²) in [7, 11) is 0. The minimum Gasteiger partial charge on any atom is -0.481 e. The second-order valence-electron chi connectivity index (χ2n) is 6.72. The van der Waals surface area contributed by atoms with Crippen molar-refractivity contribution in [3.8, 4) is 5.75 Å². The first-order chi connectivity index (χ1) is 12.9. The van der Waals surface area contributed by atoms with Crippen LogP contribution in [0.25, 0.3) is 0 Å². The smallest absolute Gasteiger partial charge is 0.345 e. The van der Waals surface area contributed by atoms with E-state index in [-0.39, 0.29) is 18.6 Å². The van der Waals surface area contributed by atoms with E-state index in [1.54, 1.807) is 36.4 Å². The Bertz CT molecular complexity index is 810. The van der Waals surface area contributed by atoms with E-state index in [0.29, 0.717) is 16.3 Å². The molecule has 0 aliphatic heterocycles. The summed E-state index contributed by atoms with van der Waals surface area (Å²) in [5, 5.41) is 3.50. The van der Waals surface area contributed by atoms with Gasteiger partial charge in [-0.1, -0.05) is 41.9 Å². The number of aryl methyl sites for hydroxylation is 2. The lowest BCUT2D eigenvalue weighted by molar-refractivity contribution is -0.158. The van der Waals surface area contributed by atoms with Gasteiger partial charge in [-0.15, -0.1) is 0 Å². The van der Waals surface area contributed by atoms with Gasteiger partial charge in [0.05, 0.1) is 0 Å². The molecule has 1 aliphatic rings. The number of rotatable bonds is 7. The van der Waals surface area contributed by atoms with Crippen molar-refractivity contribution in [2.24, 2.45) is 0 Å². The maximum Gasteiger partial charge on any atom is 0.345 e. The van der Waals surface area contributed by atoms with Crippen molar-refractivity contribution in [1.29, 1.82) is 0 Å². The van der Waals surface area contributed by atoms with Gasteiger partial charge in [0.1, 0.15) is 5.75 Å². The second kappa shape index (κ2) is 8.44. The van der Waals surface area contributed by atoms with Crippen LogP contribution in [0.4, 0.5) is 0 Å². The van der Waals surface area contributed by atoms with Gasteiger partial charge >= 0.3 is 5.97 Å². The monoisotopic (exact) mass is 387 g/mol. The number of hydrogen-bond acceptors (Lipinski definition) is 4. The third-order valence-corrected chi connectivity index (χ3v) is 4.49. The van der Waals surface area contributed by atoms with Crippen molar-refractivity contribution >= 4 is 23.5 Å². The molecule has 1 atom stereocenters. The topological polar surface area (TPSA) is 64.6 Å². The van der Waals surface area contributed by atoms with Crippen molar-refractivity contribution in [1.82, 2.24) is 5.32 Å². The molecule has 2 aromatic rings. The van der Waals surface area contributed by atoms with Gasteiger partial charge in [0.25, 0.3) is 5.91 Å². The molecule has 1 aliphatic carbocycles. The molecule has 0 aromatic heterocycles. The van der Waals surface area contributed by atoms with Crippen LogP contribution in [0, 0.1) is 13.8 Å². The maximum absolute atomic E-state index is 12.5. The molecule has 0 spiro atoms. The summed E-state index contributed by atoms with van der Waals surface area (Å²) in [6, 6.07) is 12.7. The number of amides is 1. The molecule has 142 valence electrons. The molecular formula is C21H22ClNO4. The highest BCUT2D eigenvalue weighted by Gasteiger charge is 2.30. The van der Waals surface area contributed by atoms with E-state index in [4.69, 9.17) is 21.1 Å². The number of carbonyl (C=O) groups excluding carboxylic acids is 2. The number of halogens is 1. The number of esters is 1. The zero-order chi connectivity index (χ0) is 19.4. The first kappa shape index (κ1) is 19.2. The van der Waals surface area contributed by atoms with E-state index in [9.17, 15) is 9.59 Å². The third kappa shape index (κ3) is 5.23. The molecule has 5 nitrogen and oxygen atoms in total. The van der Waals surface area contributed by atoms with E-state index in [2.05, 4.69) is 5.32 Å². The molecular weight excluding hydrogens is 366 g/mol. The quantitative estimate of drug-likeness (QED) is 0.732. The van der Waals surface area contributed by atoms with Gasteiger partial charge < -0.3 is 14.8 Å². The molecule has 27 heavy (non-hydrogen) atoms. The van der Waals surface area contributed by atoms with Gasteiger partial charge in [0, 0.05) is 16.6 Å². The highest BCUT2D eigenvalue weighted by atomic mass is 35.5. The third-order valence-electron chi connectivity index (χ3n) is 4.27. The number of benzene rings is 2. The molecule has 1 saturated carbocycles. The van der Waals surface area contributed by atoms with Gasteiger partial charge in [0.2, 0.25) is 6.10 Å². The highest BCUT2D eigenvalue weighted by molar-refractivity contribution is 6.30. The number of nitrogens with one attached hydrogen (secondary N) is 1. The zero-order valence-corrected chi connectivity index (χ0v) is 16.1. The Morgan fingerprint density at radius 2 is 1.78 bits per heavy atom. The van der Waals surface area contributed by atoms with Gasteiger partial charge in [-0.25, -0.2) is 4.79 Å². The summed E-state index contributed by atoms with van der Waals surface area (Å²) in [5.74, 6) is -0.325. The maximum atomic E-state index is 12.5. The van der Waals surface area contributed by atoms with Crippen molar-refractivity contribution in [2.75, 3.05) is 6.61 Å². The first-order valence-electron chi connectivity index (χ1n) is 8.88. The van der Waals surface area contributed by atoms with Crippen LogP contribution in [0.3, 0.4) is 0 Å². The van der Waals surface area contributed by atoms with Crippen molar-refractivity contribution < 1.29 is 19.1 Å². The number of carbonyl (C=O) groups is 2. The van der Waals surface area contributed by atoms with Crippen LogP contribution >= 0.6 is 11.6 Å². The summed E-state index contributed by atoms with van der Waals surface area (Å²) >= 11 is 6.01. The Morgan fingerprint density at radius 3 is 2.37 bits per heavy atom. The van der Waals surface area contributed by atoms with Crippen LogP contribution < -0.4 is 10.1 Å². The van der Waals surface area contributed by atoms with E-state index >= 15 is 0 Å². The molecule has 0 bridgehead atoms. The molecule has 0 radical (unpaired) electrons. The van der Waals surface area contributed by atoms with E-state index in [0.717, 1.165) is 24.0 Å². The fourth-order valence-electron chi connectivity index (χ4n) is 2.83.